The Hall–Kier alpha value is -2.28. The highest BCUT2D eigenvalue weighted by Crippen LogP contribution is 2.16. The molecule has 0 aliphatic carbocycles. The van der Waals surface area contributed by atoms with Crippen molar-refractivity contribution in [2.45, 2.75) is 32.4 Å². The molecule has 0 spiro atoms. The summed E-state index contributed by atoms with van der Waals surface area (Å²) in [6.45, 7) is 2.66. The molecule has 112 valence electrons. The van der Waals surface area contributed by atoms with E-state index >= 15 is 0 Å². The zero-order chi connectivity index (χ0) is 15.4. The van der Waals surface area contributed by atoms with Gasteiger partial charge in [0.15, 0.2) is 0 Å². The second-order valence-corrected chi connectivity index (χ2v) is 4.95. The number of nitro groups is 1. The number of nitrogens with zero attached hydrogens (tertiary/aromatic N) is 2. The molecule has 2 rings (SSSR count). The summed E-state index contributed by atoms with van der Waals surface area (Å²) < 4.78 is 0. The van der Waals surface area contributed by atoms with Crippen molar-refractivity contribution in [3.63, 3.8) is 0 Å². The first-order chi connectivity index (χ1) is 10.0. The number of likely N-dealkylation sites (tertiary alicyclic amines) is 1. The van der Waals surface area contributed by atoms with E-state index in [1.54, 1.807) is 12.1 Å². The third kappa shape index (κ3) is 3.43. The predicted molar refractivity (Wildman–Crippen MR) is 75.4 cm³/mol. The average Bonchev–Trinajstić information content (AvgIpc) is 2.73. The van der Waals surface area contributed by atoms with Crippen LogP contribution in [0.25, 0.3) is 0 Å². The van der Waals surface area contributed by atoms with Gasteiger partial charge in [0.25, 0.3) is 5.69 Å². The van der Waals surface area contributed by atoms with Crippen LogP contribution >= 0.6 is 0 Å². The van der Waals surface area contributed by atoms with Crippen LogP contribution in [0.1, 0.15) is 25.3 Å². The maximum absolute atomic E-state index is 12.0. The minimum Gasteiger partial charge on any atom is -0.301 e. The second kappa shape index (κ2) is 6.45. The topological polar surface area (TPSA) is 92.6 Å². The molecule has 0 radical (unpaired) electrons. The number of non-ortho nitro benzene ring substituents is 1. The minimum atomic E-state index is -0.539. The van der Waals surface area contributed by atoms with Crippen molar-refractivity contribution in [3.05, 3.63) is 39.9 Å². The summed E-state index contributed by atoms with van der Waals surface area (Å²) in [5.41, 5.74) is 0.717. The molecule has 0 aromatic heterocycles. The molecule has 1 saturated heterocycles. The van der Waals surface area contributed by atoms with Crippen LogP contribution in [0.3, 0.4) is 0 Å². The monoisotopic (exact) mass is 291 g/mol. The van der Waals surface area contributed by atoms with Crippen LogP contribution in [-0.4, -0.2) is 34.2 Å². The number of hydrogen-bond donors (Lipinski definition) is 1. The Bertz CT molecular complexity index is 573. The Morgan fingerprint density at radius 1 is 1.43 bits per heavy atom. The van der Waals surface area contributed by atoms with Crippen molar-refractivity contribution < 1.29 is 14.5 Å². The summed E-state index contributed by atoms with van der Waals surface area (Å²) in [4.78, 5) is 35.3. The highest BCUT2D eigenvalue weighted by Gasteiger charge is 2.37. The largest absolute Gasteiger partial charge is 0.301 e. The van der Waals surface area contributed by atoms with Gasteiger partial charge in [-0.1, -0.05) is 19.1 Å². The van der Waals surface area contributed by atoms with Crippen molar-refractivity contribution in [2.24, 2.45) is 0 Å². The third-order valence-corrected chi connectivity index (χ3v) is 3.37. The van der Waals surface area contributed by atoms with Crippen LogP contribution in [0.5, 0.6) is 0 Å². The van der Waals surface area contributed by atoms with Crippen molar-refractivity contribution in [3.8, 4) is 0 Å². The van der Waals surface area contributed by atoms with E-state index in [4.69, 9.17) is 0 Å². The first kappa shape index (κ1) is 15.1. The van der Waals surface area contributed by atoms with E-state index in [-0.39, 0.29) is 23.9 Å². The molecule has 1 aliphatic heterocycles. The molecule has 0 bridgehead atoms. The zero-order valence-corrected chi connectivity index (χ0v) is 11.7. The van der Waals surface area contributed by atoms with Gasteiger partial charge >= 0.3 is 0 Å². The number of nitro benzene ring substituents is 1. The summed E-state index contributed by atoms with van der Waals surface area (Å²) in [5, 5.41) is 13.7. The van der Waals surface area contributed by atoms with Crippen LogP contribution in [0.4, 0.5) is 5.69 Å². The van der Waals surface area contributed by atoms with E-state index in [0.717, 1.165) is 6.42 Å². The number of rotatable bonds is 6. The molecule has 1 fully saturated rings. The van der Waals surface area contributed by atoms with Gasteiger partial charge in [0.2, 0.25) is 11.8 Å². The molecule has 2 amide bonds. The number of carbonyl (C=O) groups excluding carboxylic acids is 2. The standard InChI is InChI=1S/C14H17N3O4/c1-2-6-16-13(18)8-12(14(16)19)15-9-10-4-3-5-11(7-10)17(20)21/h3-5,7,12,15H,2,6,8-9H2,1H3. The fourth-order valence-corrected chi connectivity index (χ4v) is 2.32. The second-order valence-electron chi connectivity index (χ2n) is 4.95. The van der Waals surface area contributed by atoms with Gasteiger partial charge in [0, 0.05) is 25.2 Å². The van der Waals surface area contributed by atoms with Crippen LogP contribution < -0.4 is 5.32 Å². The number of carbonyl (C=O) groups is 2. The minimum absolute atomic E-state index is 0.00994. The fourth-order valence-electron chi connectivity index (χ4n) is 2.32. The van der Waals surface area contributed by atoms with Crippen molar-refractivity contribution in [2.75, 3.05) is 6.54 Å². The lowest BCUT2D eigenvalue weighted by Crippen LogP contribution is -2.38. The van der Waals surface area contributed by atoms with E-state index in [1.165, 1.54) is 17.0 Å². The summed E-state index contributed by atoms with van der Waals surface area (Å²) in [5.74, 6) is -0.384. The van der Waals surface area contributed by atoms with E-state index in [2.05, 4.69) is 5.32 Å². The molecular formula is C14H17N3O4. The Kier molecular flexibility index (Phi) is 4.64. The van der Waals surface area contributed by atoms with Crippen molar-refractivity contribution in [1.29, 1.82) is 0 Å². The van der Waals surface area contributed by atoms with Crippen LogP contribution in [0, 0.1) is 10.1 Å². The zero-order valence-electron chi connectivity index (χ0n) is 11.7. The SMILES string of the molecule is CCCN1C(=O)CC(NCc2cccc([N+](=O)[O-])c2)C1=O. The molecule has 1 atom stereocenters. The molecule has 1 aliphatic rings. The number of amides is 2. The lowest BCUT2D eigenvalue weighted by Gasteiger charge is -2.14. The normalized spacial score (nSPS) is 18.3. The van der Waals surface area contributed by atoms with Gasteiger partial charge in [-0.05, 0) is 12.0 Å². The molecule has 21 heavy (non-hydrogen) atoms. The van der Waals surface area contributed by atoms with Gasteiger partial charge in [0.1, 0.15) is 0 Å². The van der Waals surface area contributed by atoms with Crippen LogP contribution in [-0.2, 0) is 16.1 Å². The molecule has 7 heteroatoms. The Morgan fingerprint density at radius 2 is 2.19 bits per heavy atom. The summed E-state index contributed by atoms with van der Waals surface area (Å²) >= 11 is 0. The fraction of sp³-hybridized carbons (Fsp3) is 0.429. The number of nitrogens with one attached hydrogen (secondary N) is 1. The quantitative estimate of drug-likeness (QED) is 0.483. The molecule has 1 heterocycles. The van der Waals surface area contributed by atoms with Crippen molar-refractivity contribution in [1.82, 2.24) is 10.2 Å². The van der Waals surface area contributed by atoms with E-state index in [0.29, 0.717) is 18.7 Å². The highest BCUT2D eigenvalue weighted by atomic mass is 16.6. The Morgan fingerprint density at radius 3 is 2.86 bits per heavy atom. The maximum atomic E-state index is 12.0. The Balaban J connectivity index is 1.97. The molecular weight excluding hydrogens is 274 g/mol. The molecule has 1 aromatic rings. The van der Waals surface area contributed by atoms with Gasteiger partial charge in [-0.25, -0.2) is 0 Å². The molecule has 1 aromatic carbocycles. The highest BCUT2D eigenvalue weighted by molar-refractivity contribution is 6.05. The molecule has 1 N–H and O–H groups in total. The van der Waals surface area contributed by atoms with E-state index < -0.39 is 11.0 Å². The smallest absolute Gasteiger partial charge is 0.269 e. The van der Waals surface area contributed by atoms with E-state index in [1.807, 2.05) is 6.92 Å². The number of imide groups is 1. The van der Waals surface area contributed by atoms with Gasteiger partial charge in [0.05, 0.1) is 17.4 Å². The van der Waals surface area contributed by atoms with E-state index in [9.17, 15) is 19.7 Å². The van der Waals surface area contributed by atoms with Crippen LogP contribution in [0.15, 0.2) is 24.3 Å². The average molecular weight is 291 g/mol. The van der Waals surface area contributed by atoms with Crippen molar-refractivity contribution >= 4 is 17.5 Å². The number of hydrogen-bond acceptors (Lipinski definition) is 5. The third-order valence-electron chi connectivity index (χ3n) is 3.37. The molecule has 0 saturated carbocycles. The lowest BCUT2D eigenvalue weighted by molar-refractivity contribution is -0.384. The summed E-state index contributed by atoms with van der Waals surface area (Å²) in [7, 11) is 0. The number of benzene rings is 1. The van der Waals surface area contributed by atoms with Crippen LogP contribution in [0.2, 0.25) is 0 Å². The van der Waals surface area contributed by atoms with Gasteiger partial charge < -0.3 is 5.32 Å². The maximum Gasteiger partial charge on any atom is 0.269 e. The Labute approximate surface area is 122 Å². The van der Waals surface area contributed by atoms with Gasteiger partial charge in [-0.2, -0.15) is 0 Å². The van der Waals surface area contributed by atoms with Gasteiger partial charge in [-0.15, -0.1) is 0 Å². The van der Waals surface area contributed by atoms with Gasteiger partial charge in [-0.3, -0.25) is 24.6 Å². The summed E-state index contributed by atoms with van der Waals surface area (Å²) in [6.07, 6.45) is 0.878. The first-order valence-corrected chi connectivity index (χ1v) is 6.84. The molecule has 7 nitrogen and oxygen atoms in total. The lowest BCUT2D eigenvalue weighted by atomic mass is 10.1. The predicted octanol–water partition coefficient (Wildman–Crippen LogP) is 1.22. The first-order valence-electron chi connectivity index (χ1n) is 6.84. The summed E-state index contributed by atoms with van der Waals surface area (Å²) in [6, 6.07) is 5.67. The molecule has 1 unspecified atom stereocenters.